The van der Waals surface area contributed by atoms with E-state index >= 15 is 0 Å². The Kier molecular flexibility index (Phi) is 5.45. The fraction of sp³-hybridized carbons (Fsp3) is 0.333. The van der Waals surface area contributed by atoms with E-state index in [4.69, 9.17) is 4.74 Å². The number of amides is 2. The van der Waals surface area contributed by atoms with Crippen LogP contribution in [-0.2, 0) is 32.9 Å². The summed E-state index contributed by atoms with van der Waals surface area (Å²) in [6, 6.07) is 13.3. The van der Waals surface area contributed by atoms with Gasteiger partial charge in [-0.05, 0) is 17.7 Å². The number of hydrogen-bond acceptors (Lipinski definition) is 5. The molecule has 8 nitrogen and oxygen atoms in total. The lowest BCUT2D eigenvalue weighted by molar-refractivity contribution is -0.172. The quantitative estimate of drug-likeness (QED) is 0.685. The number of fused-ring (bicyclic) bond motifs is 2. The van der Waals surface area contributed by atoms with Crippen molar-refractivity contribution in [3.05, 3.63) is 78.6 Å². The molecule has 8 heteroatoms. The van der Waals surface area contributed by atoms with Crippen LogP contribution in [0.15, 0.2) is 67.3 Å². The van der Waals surface area contributed by atoms with Crippen LogP contribution < -0.4 is 5.32 Å². The zero-order valence-electron chi connectivity index (χ0n) is 17.7. The van der Waals surface area contributed by atoms with E-state index in [1.54, 1.807) is 30.7 Å². The lowest BCUT2D eigenvalue weighted by Crippen LogP contribution is -2.54. The van der Waals surface area contributed by atoms with Crippen LogP contribution in [-0.4, -0.2) is 50.4 Å². The van der Waals surface area contributed by atoms with Crippen LogP contribution in [0.4, 0.5) is 5.69 Å². The van der Waals surface area contributed by atoms with Crippen molar-refractivity contribution in [1.29, 1.82) is 0 Å². The number of likely N-dealkylation sites (tertiary alicyclic amines) is 1. The Bertz CT molecular complexity index is 1090. The van der Waals surface area contributed by atoms with Crippen LogP contribution in [0, 0.1) is 0 Å². The summed E-state index contributed by atoms with van der Waals surface area (Å²) in [5.41, 5.74) is 1.02. The standard InChI is InChI=1S/C24H25N5O3/c30-21(16-18-4-2-1-3-5-18)28-13-8-24(9-14-28)23-26-12-15-29(23)17-20(32-24)22(31)27-19-6-10-25-11-7-19/h1-7,10-12,15,20H,8-9,13-14,16-17H2,(H,25,27,31). The molecule has 1 aromatic carbocycles. The molecule has 0 saturated carbocycles. The second-order valence-corrected chi connectivity index (χ2v) is 8.27. The van der Waals surface area contributed by atoms with Gasteiger partial charge < -0.3 is 19.5 Å². The number of imidazole rings is 1. The number of piperidine rings is 1. The third-order valence-corrected chi connectivity index (χ3v) is 6.22. The first-order valence-electron chi connectivity index (χ1n) is 10.8. The van der Waals surface area contributed by atoms with Gasteiger partial charge in [-0.1, -0.05) is 30.3 Å². The number of hydrogen-bond donors (Lipinski definition) is 1. The number of pyridine rings is 1. The van der Waals surface area contributed by atoms with Gasteiger partial charge in [0.2, 0.25) is 5.91 Å². The molecule has 1 N–H and O–H groups in total. The van der Waals surface area contributed by atoms with Crippen LogP contribution in [0.2, 0.25) is 0 Å². The average Bonchev–Trinajstić information content (AvgIpc) is 3.31. The molecule has 0 bridgehead atoms. The van der Waals surface area contributed by atoms with Crippen molar-refractivity contribution in [2.45, 2.75) is 37.5 Å². The molecule has 5 rings (SSSR count). The second-order valence-electron chi connectivity index (χ2n) is 8.27. The van der Waals surface area contributed by atoms with E-state index in [-0.39, 0.29) is 11.8 Å². The smallest absolute Gasteiger partial charge is 0.255 e. The zero-order valence-corrected chi connectivity index (χ0v) is 17.7. The highest BCUT2D eigenvalue weighted by Crippen LogP contribution is 2.40. The average molecular weight is 431 g/mol. The zero-order chi connectivity index (χ0) is 22.0. The first-order chi connectivity index (χ1) is 15.6. The van der Waals surface area contributed by atoms with Crippen LogP contribution in [0.25, 0.3) is 0 Å². The molecule has 4 heterocycles. The van der Waals surface area contributed by atoms with Crippen LogP contribution in [0.1, 0.15) is 24.2 Å². The topological polar surface area (TPSA) is 89.4 Å². The summed E-state index contributed by atoms with van der Waals surface area (Å²) >= 11 is 0. The molecule has 1 spiro atoms. The number of benzene rings is 1. The Morgan fingerprint density at radius 1 is 1.06 bits per heavy atom. The van der Waals surface area contributed by atoms with Gasteiger partial charge in [0.15, 0.2) is 6.10 Å². The van der Waals surface area contributed by atoms with Gasteiger partial charge in [0.1, 0.15) is 11.4 Å². The van der Waals surface area contributed by atoms with Gasteiger partial charge in [0.05, 0.1) is 13.0 Å². The minimum Gasteiger partial charge on any atom is -0.352 e. The Hall–Kier alpha value is -3.52. The molecule has 0 aliphatic carbocycles. The van der Waals surface area contributed by atoms with Crippen LogP contribution in [0.3, 0.4) is 0 Å². The summed E-state index contributed by atoms with van der Waals surface area (Å²) in [7, 11) is 0. The lowest BCUT2D eigenvalue weighted by Gasteiger charge is -2.45. The summed E-state index contributed by atoms with van der Waals surface area (Å²) in [6.45, 7) is 1.54. The van der Waals surface area contributed by atoms with E-state index < -0.39 is 11.7 Å². The Labute approximate surface area is 186 Å². The minimum atomic E-state index is -0.675. The predicted molar refractivity (Wildman–Crippen MR) is 118 cm³/mol. The molecule has 3 aromatic rings. The second kappa shape index (κ2) is 8.55. The van der Waals surface area contributed by atoms with Gasteiger partial charge in [-0.2, -0.15) is 0 Å². The number of carbonyl (C=O) groups is 2. The van der Waals surface area contributed by atoms with Crippen molar-refractivity contribution in [2.24, 2.45) is 0 Å². The maximum Gasteiger partial charge on any atom is 0.255 e. The van der Waals surface area contributed by atoms with E-state index in [9.17, 15) is 9.59 Å². The first-order valence-corrected chi connectivity index (χ1v) is 10.8. The summed E-state index contributed by atoms with van der Waals surface area (Å²) in [6.07, 6.45) is 7.85. The molecular formula is C24H25N5O3. The summed E-state index contributed by atoms with van der Waals surface area (Å²) < 4.78 is 8.43. The number of rotatable bonds is 4. The van der Waals surface area contributed by atoms with Crippen molar-refractivity contribution in [1.82, 2.24) is 19.4 Å². The predicted octanol–water partition coefficient (Wildman–Crippen LogP) is 2.38. The van der Waals surface area contributed by atoms with Gasteiger partial charge in [0, 0.05) is 56.4 Å². The third-order valence-electron chi connectivity index (χ3n) is 6.22. The number of nitrogens with zero attached hydrogens (tertiary/aromatic N) is 4. The third kappa shape index (κ3) is 4.01. The number of anilines is 1. The molecule has 164 valence electrons. The van der Waals surface area contributed by atoms with E-state index in [0.29, 0.717) is 44.6 Å². The Morgan fingerprint density at radius 2 is 1.81 bits per heavy atom. The van der Waals surface area contributed by atoms with Gasteiger partial charge >= 0.3 is 0 Å². The molecule has 1 atom stereocenters. The van der Waals surface area contributed by atoms with Crippen molar-refractivity contribution < 1.29 is 14.3 Å². The Balaban J connectivity index is 1.28. The molecule has 1 unspecified atom stereocenters. The summed E-state index contributed by atoms with van der Waals surface area (Å²) in [5.74, 6) is 0.746. The molecule has 2 amide bonds. The molecule has 2 aromatic heterocycles. The van der Waals surface area contributed by atoms with Gasteiger partial charge in [0.25, 0.3) is 5.91 Å². The maximum absolute atomic E-state index is 12.9. The molecule has 1 fully saturated rings. The highest BCUT2D eigenvalue weighted by molar-refractivity contribution is 5.94. The molecule has 0 radical (unpaired) electrons. The van der Waals surface area contributed by atoms with Crippen molar-refractivity contribution in [3.63, 3.8) is 0 Å². The van der Waals surface area contributed by atoms with E-state index in [1.165, 1.54) is 0 Å². The number of carbonyl (C=O) groups excluding carboxylic acids is 2. The Morgan fingerprint density at radius 3 is 2.56 bits per heavy atom. The molecule has 32 heavy (non-hydrogen) atoms. The summed E-state index contributed by atoms with van der Waals surface area (Å²) in [5, 5.41) is 2.91. The fourth-order valence-electron chi connectivity index (χ4n) is 4.53. The molecule has 1 saturated heterocycles. The van der Waals surface area contributed by atoms with Crippen molar-refractivity contribution in [3.8, 4) is 0 Å². The van der Waals surface area contributed by atoms with E-state index in [0.717, 1.165) is 11.4 Å². The highest BCUT2D eigenvalue weighted by atomic mass is 16.5. The van der Waals surface area contributed by atoms with Crippen LogP contribution in [0.5, 0.6) is 0 Å². The van der Waals surface area contributed by atoms with Crippen molar-refractivity contribution in [2.75, 3.05) is 18.4 Å². The van der Waals surface area contributed by atoms with Gasteiger partial charge in [-0.15, -0.1) is 0 Å². The van der Waals surface area contributed by atoms with Gasteiger partial charge in [-0.3, -0.25) is 14.6 Å². The normalized spacial score (nSPS) is 19.4. The SMILES string of the molecule is O=C(Nc1ccncc1)C1Cn2ccnc2C2(CCN(C(=O)Cc3ccccc3)CC2)O1. The largest absolute Gasteiger partial charge is 0.352 e. The number of nitrogens with one attached hydrogen (secondary N) is 1. The lowest BCUT2D eigenvalue weighted by atomic mass is 9.88. The fourth-order valence-corrected chi connectivity index (χ4v) is 4.53. The number of ether oxygens (including phenoxy) is 1. The minimum absolute atomic E-state index is 0.109. The maximum atomic E-state index is 12.9. The number of aromatic nitrogens is 3. The van der Waals surface area contributed by atoms with Gasteiger partial charge in [-0.25, -0.2) is 4.98 Å². The molecule has 2 aliphatic rings. The molecular weight excluding hydrogens is 406 g/mol. The monoisotopic (exact) mass is 431 g/mol. The summed E-state index contributed by atoms with van der Waals surface area (Å²) in [4.78, 5) is 36.2. The first kappa shape index (κ1) is 20.4. The molecule has 2 aliphatic heterocycles. The van der Waals surface area contributed by atoms with E-state index in [2.05, 4.69) is 15.3 Å². The van der Waals surface area contributed by atoms with E-state index in [1.807, 2.05) is 46.0 Å². The highest BCUT2D eigenvalue weighted by Gasteiger charge is 2.47. The van der Waals surface area contributed by atoms with Crippen molar-refractivity contribution >= 4 is 17.5 Å². The van der Waals surface area contributed by atoms with Crippen LogP contribution >= 0.6 is 0 Å².